The Morgan fingerprint density at radius 3 is 2.71 bits per heavy atom. The predicted molar refractivity (Wildman–Crippen MR) is 53.4 cm³/mol. The monoisotopic (exact) mass is 243 g/mol. The second-order valence-electron chi connectivity index (χ2n) is 3.23. The van der Waals surface area contributed by atoms with Gasteiger partial charge in [-0.15, -0.1) is 0 Å². The highest BCUT2D eigenvalue weighted by Crippen LogP contribution is 2.33. The number of alkyl halides is 2. The topological polar surface area (TPSA) is 35.3 Å². The van der Waals surface area contributed by atoms with E-state index in [1.54, 1.807) is 0 Å². The highest BCUT2D eigenvalue weighted by molar-refractivity contribution is 5.67. The van der Waals surface area contributed by atoms with E-state index in [0.717, 1.165) is 6.07 Å². The summed E-state index contributed by atoms with van der Waals surface area (Å²) in [7, 11) is 1.35. The van der Waals surface area contributed by atoms with Gasteiger partial charge in [-0.25, -0.2) is 13.2 Å². The van der Waals surface area contributed by atoms with Crippen molar-refractivity contribution in [2.45, 2.75) is 6.43 Å². The maximum atomic E-state index is 13.6. The van der Waals surface area contributed by atoms with Crippen molar-refractivity contribution in [1.29, 1.82) is 0 Å². The fourth-order valence-corrected chi connectivity index (χ4v) is 1.43. The van der Waals surface area contributed by atoms with E-state index >= 15 is 0 Å². The molecule has 0 aliphatic rings. The van der Waals surface area contributed by atoms with Gasteiger partial charge in [0.25, 0.3) is 6.43 Å². The summed E-state index contributed by atoms with van der Waals surface area (Å²) in [5.74, 6) is -1.01. The molecule has 0 spiro atoms. The van der Waals surface area contributed by atoms with Crippen LogP contribution < -0.4 is 4.74 Å². The Morgan fingerprint density at radius 2 is 2.12 bits per heavy atom. The molecule has 0 aliphatic carbocycles. The van der Waals surface area contributed by atoms with Crippen LogP contribution in [0.4, 0.5) is 13.2 Å². The molecule has 0 bridgehead atoms. The van der Waals surface area contributed by atoms with Gasteiger partial charge in [0.2, 0.25) is 5.76 Å². The number of halogens is 3. The van der Waals surface area contributed by atoms with Crippen molar-refractivity contribution < 1.29 is 22.4 Å². The van der Waals surface area contributed by atoms with Crippen molar-refractivity contribution >= 4 is 0 Å². The third-order valence-corrected chi connectivity index (χ3v) is 2.19. The fraction of sp³-hybridized carbons (Fsp3) is 0.182. The Balaban J connectivity index is 2.51. The molecule has 0 saturated carbocycles. The van der Waals surface area contributed by atoms with E-state index in [1.807, 2.05) is 0 Å². The van der Waals surface area contributed by atoms with E-state index in [9.17, 15) is 13.2 Å². The van der Waals surface area contributed by atoms with Crippen molar-refractivity contribution in [2.24, 2.45) is 0 Å². The van der Waals surface area contributed by atoms with Crippen LogP contribution in [0.5, 0.6) is 5.75 Å². The summed E-state index contributed by atoms with van der Waals surface area (Å²) in [4.78, 5) is 0. The average Bonchev–Trinajstić information content (AvgIpc) is 2.77. The molecule has 0 saturated heterocycles. The molecule has 0 unspecified atom stereocenters. The zero-order valence-electron chi connectivity index (χ0n) is 8.78. The SMILES string of the molecule is COc1cccc(F)c1-c1cc(C(F)F)on1. The third-order valence-electron chi connectivity index (χ3n) is 2.19. The van der Waals surface area contributed by atoms with Crippen LogP contribution in [0, 0.1) is 5.82 Å². The molecule has 0 radical (unpaired) electrons. The third kappa shape index (κ3) is 2.11. The molecule has 0 atom stereocenters. The predicted octanol–water partition coefficient (Wildman–Crippen LogP) is 3.43. The molecule has 0 aliphatic heterocycles. The first-order valence-electron chi connectivity index (χ1n) is 4.71. The molecular weight excluding hydrogens is 235 g/mol. The summed E-state index contributed by atoms with van der Waals surface area (Å²) >= 11 is 0. The van der Waals surface area contributed by atoms with E-state index in [0.29, 0.717) is 0 Å². The highest BCUT2D eigenvalue weighted by atomic mass is 19.3. The van der Waals surface area contributed by atoms with Crippen molar-refractivity contribution in [3.05, 3.63) is 35.8 Å². The number of hydrogen-bond acceptors (Lipinski definition) is 3. The largest absolute Gasteiger partial charge is 0.496 e. The van der Waals surface area contributed by atoms with Crippen LogP contribution >= 0.6 is 0 Å². The summed E-state index contributed by atoms with van der Waals surface area (Å²) in [6, 6.07) is 5.14. The van der Waals surface area contributed by atoms with Gasteiger partial charge in [-0.1, -0.05) is 11.2 Å². The standard InChI is InChI=1S/C11H8F3NO2/c1-16-8-4-2-3-6(12)10(8)7-5-9(11(13)14)17-15-7/h2-5,11H,1H3. The fourth-order valence-electron chi connectivity index (χ4n) is 1.43. The lowest BCUT2D eigenvalue weighted by molar-refractivity contribution is 0.112. The Labute approximate surface area is 94.8 Å². The summed E-state index contributed by atoms with van der Waals surface area (Å²) in [6.45, 7) is 0. The number of hydrogen-bond donors (Lipinski definition) is 0. The number of aromatic nitrogens is 1. The molecule has 17 heavy (non-hydrogen) atoms. The zero-order valence-corrected chi connectivity index (χ0v) is 8.78. The van der Waals surface area contributed by atoms with Gasteiger partial charge < -0.3 is 9.26 Å². The lowest BCUT2D eigenvalue weighted by Crippen LogP contribution is -1.91. The molecule has 0 fully saturated rings. The molecule has 1 heterocycles. The smallest absolute Gasteiger partial charge is 0.298 e. The lowest BCUT2D eigenvalue weighted by atomic mass is 10.1. The normalized spacial score (nSPS) is 10.9. The van der Waals surface area contributed by atoms with E-state index in [2.05, 4.69) is 9.68 Å². The minimum Gasteiger partial charge on any atom is -0.496 e. The van der Waals surface area contributed by atoms with Crippen LogP contribution in [0.2, 0.25) is 0 Å². The Kier molecular flexibility index (Phi) is 3.03. The van der Waals surface area contributed by atoms with Gasteiger partial charge in [-0.2, -0.15) is 0 Å². The average molecular weight is 243 g/mol. The van der Waals surface area contributed by atoms with E-state index in [4.69, 9.17) is 4.74 Å². The first kappa shape index (κ1) is 11.5. The number of rotatable bonds is 3. The van der Waals surface area contributed by atoms with Gasteiger partial charge in [0.15, 0.2) is 0 Å². The van der Waals surface area contributed by atoms with E-state index in [1.165, 1.54) is 25.3 Å². The summed E-state index contributed by atoms with van der Waals surface area (Å²) < 4.78 is 47.6. The van der Waals surface area contributed by atoms with Crippen LogP contribution in [-0.4, -0.2) is 12.3 Å². The summed E-state index contributed by atoms with van der Waals surface area (Å²) in [6.07, 6.45) is -2.78. The van der Waals surface area contributed by atoms with Crippen LogP contribution in [-0.2, 0) is 0 Å². The quantitative estimate of drug-likeness (QED) is 0.828. The van der Waals surface area contributed by atoms with Crippen LogP contribution in [0.3, 0.4) is 0 Å². The van der Waals surface area contributed by atoms with Gasteiger partial charge in [-0.3, -0.25) is 0 Å². The number of benzene rings is 1. The zero-order chi connectivity index (χ0) is 12.4. The first-order valence-corrected chi connectivity index (χ1v) is 4.71. The minimum atomic E-state index is -2.78. The minimum absolute atomic E-state index is 0.00523. The van der Waals surface area contributed by atoms with Gasteiger partial charge >= 0.3 is 0 Å². The number of methoxy groups -OCH3 is 1. The molecular formula is C11H8F3NO2. The van der Waals surface area contributed by atoms with E-state index < -0.39 is 18.0 Å². The highest BCUT2D eigenvalue weighted by Gasteiger charge is 2.19. The molecule has 90 valence electrons. The molecule has 1 aromatic carbocycles. The molecule has 0 N–H and O–H groups in total. The Bertz CT molecular complexity index is 525. The van der Waals surface area contributed by atoms with Crippen LogP contribution in [0.15, 0.2) is 28.8 Å². The van der Waals surface area contributed by atoms with Crippen molar-refractivity contribution in [3.63, 3.8) is 0 Å². The maximum Gasteiger partial charge on any atom is 0.298 e. The van der Waals surface area contributed by atoms with Gasteiger partial charge in [0.05, 0.1) is 12.7 Å². The molecule has 2 rings (SSSR count). The summed E-state index contributed by atoms with van der Waals surface area (Å²) in [5.41, 5.74) is -0.0131. The Morgan fingerprint density at radius 1 is 1.35 bits per heavy atom. The molecule has 3 nitrogen and oxygen atoms in total. The number of nitrogens with zero attached hydrogens (tertiary/aromatic N) is 1. The van der Waals surface area contributed by atoms with Crippen molar-refractivity contribution in [3.8, 4) is 17.0 Å². The molecule has 1 aromatic heterocycles. The van der Waals surface area contributed by atoms with Crippen molar-refractivity contribution in [2.75, 3.05) is 7.11 Å². The van der Waals surface area contributed by atoms with Crippen LogP contribution in [0.1, 0.15) is 12.2 Å². The van der Waals surface area contributed by atoms with Gasteiger partial charge in [0.1, 0.15) is 17.3 Å². The number of ether oxygens (including phenoxy) is 1. The Hall–Kier alpha value is -1.98. The second-order valence-corrected chi connectivity index (χ2v) is 3.23. The second kappa shape index (κ2) is 4.48. The molecule has 2 aromatic rings. The first-order chi connectivity index (χ1) is 8.13. The van der Waals surface area contributed by atoms with Crippen LogP contribution in [0.25, 0.3) is 11.3 Å². The molecule has 6 heteroatoms. The lowest BCUT2D eigenvalue weighted by Gasteiger charge is -2.05. The van der Waals surface area contributed by atoms with Crippen molar-refractivity contribution in [1.82, 2.24) is 5.16 Å². The van der Waals surface area contributed by atoms with Gasteiger partial charge in [0, 0.05) is 6.07 Å². The van der Waals surface area contributed by atoms with Gasteiger partial charge in [-0.05, 0) is 12.1 Å². The summed E-state index contributed by atoms with van der Waals surface area (Å²) in [5, 5.41) is 3.40. The maximum absolute atomic E-state index is 13.6. The van der Waals surface area contributed by atoms with E-state index in [-0.39, 0.29) is 17.0 Å². The molecule has 0 amide bonds.